The fourth-order valence-corrected chi connectivity index (χ4v) is 2.54. The molecule has 2 N–H and O–H groups in total. The predicted octanol–water partition coefficient (Wildman–Crippen LogP) is 3.29. The molecule has 0 fully saturated rings. The van der Waals surface area contributed by atoms with Crippen LogP contribution in [0.4, 0.5) is 5.69 Å². The second-order valence-electron chi connectivity index (χ2n) is 5.85. The third-order valence-electron chi connectivity index (χ3n) is 4.02. The second kappa shape index (κ2) is 7.25. The van der Waals surface area contributed by atoms with Crippen LogP contribution in [0.3, 0.4) is 0 Å². The van der Waals surface area contributed by atoms with Crippen molar-refractivity contribution in [2.75, 3.05) is 18.5 Å². The Morgan fingerprint density at radius 1 is 1.08 bits per heavy atom. The lowest BCUT2D eigenvalue weighted by Crippen LogP contribution is -2.13. The van der Waals surface area contributed by atoms with Gasteiger partial charge in [0.2, 0.25) is 0 Å². The zero-order valence-corrected chi connectivity index (χ0v) is 13.8. The Hall–Kier alpha value is -3.02. The molecule has 0 spiro atoms. The topological polar surface area (TPSA) is 84.9 Å². The van der Waals surface area contributed by atoms with E-state index in [0.717, 1.165) is 6.42 Å². The molecule has 1 amide bonds. The molecule has 1 aliphatic heterocycles. The van der Waals surface area contributed by atoms with Gasteiger partial charge in [0.15, 0.2) is 11.5 Å². The number of anilines is 1. The highest BCUT2D eigenvalue weighted by atomic mass is 16.5. The van der Waals surface area contributed by atoms with E-state index in [1.54, 1.807) is 49.4 Å². The van der Waals surface area contributed by atoms with Gasteiger partial charge in [0.1, 0.15) is 0 Å². The first-order chi connectivity index (χ1) is 12.0. The highest BCUT2D eigenvalue weighted by molar-refractivity contribution is 6.04. The number of carbonyl (C=O) groups excluding carboxylic acids is 1. The number of carbonyl (C=O) groups is 2. The zero-order valence-electron chi connectivity index (χ0n) is 13.8. The van der Waals surface area contributed by atoms with Gasteiger partial charge in [-0.1, -0.05) is 12.1 Å². The molecule has 0 aromatic heterocycles. The molecule has 0 bridgehead atoms. The average Bonchev–Trinajstić information content (AvgIpc) is 2.85. The fraction of sp³-hybridized carbons (Fsp3) is 0.263. The van der Waals surface area contributed by atoms with E-state index in [1.165, 1.54) is 0 Å². The summed E-state index contributed by atoms with van der Waals surface area (Å²) in [6, 6.07) is 11.9. The SMILES string of the molecule is CC(C(=O)O)c1cccc(NC(=O)c2ccc3c(c2)OCCCO3)c1. The van der Waals surface area contributed by atoms with Crippen LogP contribution < -0.4 is 14.8 Å². The molecule has 1 aliphatic rings. The third kappa shape index (κ3) is 3.91. The van der Waals surface area contributed by atoms with Crippen molar-refractivity contribution in [2.45, 2.75) is 19.3 Å². The molecule has 0 aliphatic carbocycles. The fourth-order valence-electron chi connectivity index (χ4n) is 2.54. The molecule has 6 nitrogen and oxygen atoms in total. The van der Waals surface area contributed by atoms with Crippen molar-refractivity contribution in [3.8, 4) is 11.5 Å². The summed E-state index contributed by atoms with van der Waals surface area (Å²) in [5.74, 6) is -0.665. The first-order valence-electron chi connectivity index (χ1n) is 8.08. The minimum Gasteiger partial charge on any atom is -0.490 e. The van der Waals surface area contributed by atoms with Crippen LogP contribution in [-0.2, 0) is 4.79 Å². The van der Waals surface area contributed by atoms with Crippen molar-refractivity contribution >= 4 is 17.6 Å². The van der Waals surface area contributed by atoms with Crippen molar-refractivity contribution in [2.24, 2.45) is 0 Å². The summed E-state index contributed by atoms with van der Waals surface area (Å²) in [4.78, 5) is 23.6. The highest BCUT2D eigenvalue weighted by Gasteiger charge is 2.16. The molecule has 0 saturated carbocycles. The number of amides is 1. The van der Waals surface area contributed by atoms with Crippen LogP contribution in [-0.4, -0.2) is 30.2 Å². The number of carboxylic acids is 1. The number of aliphatic carboxylic acids is 1. The molecule has 0 saturated heterocycles. The Morgan fingerprint density at radius 3 is 2.60 bits per heavy atom. The van der Waals surface area contributed by atoms with Crippen molar-refractivity contribution in [3.05, 3.63) is 53.6 Å². The number of rotatable bonds is 4. The molecular formula is C19H19NO5. The monoisotopic (exact) mass is 341 g/mol. The molecule has 1 atom stereocenters. The molecule has 2 aromatic rings. The molecule has 6 heteroatoms. The van der Waals surface area contributed by atoms with Gasteiger partial charge in [0, 0.05) is 17.7 Å². The van der Waals surface area contributed by atoms with Crippen molar-refractivity contribution < 1.29 is 24.2 Å². The summed E-state index contributed by atoms with van der Waals surface area (Å²) in [7, 11) is 0. The Morgan fingerprint density at radius 2 is 1.84 bits per heavy atom. The summed E-state index contributed by atoms with van der Waals surface area (Å²) < 4.78 is 11.1. The molecule has 25 heavy (non-hydrogen) atoms. The third-order valence-corrected chi connectivity index (χ3v) is 4.02. The summed E-state index contributed by atoms with van der Waals surface area (Å²) in [5, 5.41) is 11.9. The van der Waals surface area contributed by atoms with Crippen LogP contribution in [0.2, 0.25) is 0 Å². The summed E-state index contributed by atoms with van der Waals surface area (Å²) in [6.07, 6.45) is 0.796. The number of ether oxygens (including phenoxy) is 2. The summed E-state index contributed by atoms with van der Waals surface area (Å²) in [6.45, 7) is 2.74. The van der Waals surface area contributed by atoms with Gasteiger partial charge < -0.3 is 19.9 Å². The molecule has 130 valence electrons. The molecule has 0 radical (unpaired) electrons. The Balaban J connectivity index is 1.77. The van der Waals surface area contributed by atoms with Gasteiger partial charge in [0.25, 0.3) is 5.91 Å². The Bertz CT molecular complexity index is 802. The quantitative estimate of drug-likeness (QED) is 0.891. The van der Waals surface area contributed by atoms with Gasteiger partial charge >= 0.3 is 5.97 Å². The molecular weight excluding hydrogens is 322 g/mol. The zero-order chi connectivity index (χ0) is 17.8. The van der Waals surface area contributed by atoms with Gasteiger partial charge in [-0.15, -0.1) is 0 Å². The van der Waals surface area contributed by atoms with E-state index in [2.05, 4.69) is 5.32 Å². The van der Waals surface area contributed by atoms with E-state index in [9.17, 15) is 9.59 Å². The number of fused-ring (bicyclic) bond motifs is 1. The van der Waals surface area contributed by atoms with Gasteiger partial charge in [0.05, 0.1) is 19.1 Å². The molecule has 1 unspecified atom stereocenters. The molecule has 3 rings (SSSR count). The van der Waals surface area contributed by atoms with Crippen molar-refractivity contribution in [1.82, 2.24) is 0 Å². The average molecular weight is 341 g/mol. The van der Waals surface area contributed by atoms with Crippen LogP contribution in [0, 0.1) is 0 Å². The Kier molecular flexibility index (Phi) is 4.88. The first-order valence-corrected chi connectivity index (χ1v) is 8.08. The second-order valence-corrected chi connectivity index (χ2v) is 5.85. The number of nitrogens with one attached hydrogen (secondary N) is 1. The van der Waals surface area contributed by atoms with E-state index in [4.69, 9.17) is 14.6 Å². The predicted molar refractivity (Wildman–Crippen MR) is 92.5 cm³/mol. The van der Waals surface area contributed by atoms with Crippen molar-refractivity contribution in [3.63, 3.8) is 0 Å². The maximum atomic E-state index is 12.5. The molecule has 1 heterocycles. The maximum absolute atomic E-state index is 12.5. The number of benzene rings is 2. The number of hydrogen-bond donors (Lipinski definition) is 2. The minimum absolute atomic E-state index is 0.296. The lowest BCUT2D eigenvalue weighted by molar-refractivity contribution is -0.138. The first kappa shape index (κ1) is 16.8. The van der Waals surface area contributed by atoms with Gasteiger partial charge in [-0.2, -0.15) is 0 Å². The summed E-state index contributed by atoms with van der Waals surface area (Å²) >= 11 is 0. The van der Waals surface area contributed by atoms with E-state index >= 15 is 0 Å². The van der Waals surface area contributed by atoms with E-state index in [1.807, 2.05) is 0 Å². The van der Waals surface area contributed by atoms with Crippen molar-refractivity contribution in [1.29, 1.82) is 0 Å². The largest absolute Gasteiger partial charge is 0.490 e. The normalized spacial score (nSPS) is 14.3. The van der Waals surface area contributed by atoms with Gasteiger partial charge in [-0.3, -0.25) is 9.59 Å². The summed E-state index contributed by atoms with van der Waals surface area (Å²) in [5.41, 5.74) is 1.62. The Labute approximate surface area is 145 Å². The highest BCUT2D eigenvalue weighted by Crippen LogP contribution is 2.30. The lowest BCUT2D eigenvalue weighted by atomic mass is 10.0. The van der Waals surface area contributed by atoms with E-state index < -0.39 is 11.9 Å². The number of hydrogen-bond acceptors (Lipinski definition) is 4. The van der Waals surface area contributed by atoms with E-state index in [-0.39, 0.29) is 5.91 Å². The smallest absolute Gasteiger partial charge is 0.310 e. The van der Waals surface area contributed by atoms with Gasteiger partial charge in [-0.25, -0.2) is 0 Å². The van der Waals surface area contributed by atoms with Crippen LogP contribution in [0.15, 0.2) is 42.5 Å². The van der Waals surface area contributed by atoms with Crippen LogP contribution >= 0.6 is 0 Å². The van der Waals surface area contributed by atoms with Gasteiger partial charge in [-0.05, 0) is 42.8 Å². The number of carboxylic acid groups (broad SMARTS) is 1. The minimum atomic E-state index is -0.911. The maximum Gasteiger partial charge on any atom is 0.310 e. The van der Waals surface area contributed by atoms with E-state index in [0.29, 0.717) is 41.5 Å². The molecule has 2 aromatic carbocycles. The van der Waals surface area contributed by atoms with Crippen LogP contribution in [0.1, 0.15) is 35.2 Å². The standard InChI is InChI=1S/C19H19NO5/c1-12(19(22)23)13-4-2-5-15(10-13)20-18(21)14-6-7-16-17(11-14)25-9-3-8-24-16/h2,4-7,10-12H,3,8-9H2,1H3,(H,20,21)(H,22,23). The lowest BCUT2D eigenvalue weighted by Gasteiger charge is -2.11. The van der Waals surface area contributed by atoms with Crippen LogP contribution in [0.5, 0.6) is 11.5 Å². The van der Waals surface area contributed by atoms with Crippen LogP contribution in [0.25, 0.3) is 0 Å².